The van der Waals surface area contributed by atoms with Crippen molar-refractivity contribution in [3.8, 4) is 0 Å². The van der Waals surface area contributed by atoms with Crippen molar-refractivity contribution in [2.24, 2.45) is 5.41 Å². The van der Waals surface area contributed by atoms with Gasteiger partial charge in [-0.15, -0.1) is 0 Å². The molecule has 0 radical (unpaired) electrons. The van der Waals surface area contributed by atoms with E-state index in [1.807, 2.05) is 14.1 Å². The summed E-state index contributed by atoms with van der Waals surface area (Å²) in [5.41, 5.74) is -0.521. The van der Waals surface area contributed by atoms with Gasteiger partial charge in [0.2, 0.25) is 0 Å². The number of pyridine rings is 1. The highest BCUT2D eigenvalue weighted by molar-refractivity contribution is 5.38. The first-order valence-corrected chi connectivity index (χ1v) is 7.23. The second-order valence-corrected chi connectivity index (χ2v) is 6.23. The first-order valence-electron chi connectivity index (χ1n) is 7.23. The van der Waals surface area contributed by atoms with Gasteiger partial charge in [-0.05, 0) is 39.1 Å². The lowest BCUT2D eigenvalue weighted by atomic mass is 9.85. The SMILES string of the molecule is CN(C)CC1(CNc2cc(C(F)(F)F)ccn2)CCCC1. The summed E-state index contributed by atoms with van der Waals surface area (Å²) in [5, 5.41) is 3.11. The summed E-state index contributed by atoms with van der Waals surface area (Å²) in [6, 6.07) is 2.08. The number of halogens is 3. The van der Waals surface area contributed by atoms with E-state index in [1.165, 1.54) is 19.0 Å². The van der Waals surface area contributed by atoms with E-state index in [0.717, 1.165) is 31.5 Å². The van der Waals surface area contributed by atoms with Gasteiger partial charge < -0.3 is 10.2 Å². The van der Waals surface area contributed by atoms with Gasteiger partial charge in [-0.1, -0.05) is 12.8 Å². The first kappa shape index (κ1) is 16.1. The van der Waals surface area contributed by atoms with Crippen molar-refractivity contribution in [3.63, 3.8) is 0 Å². The monoisotopic (exact) mass is 301 g/mol. The van der Waals surface area contributed by atoms with Gasteiger partial charge in [0.05, 0.1) is 5.56 Å². The molecule has 0 spiro atoms. The van der Waals surface area contributed by atoms with Crippen LogP contribution in [0.5, 0.6) is 0 Å². The summed E-state index contributed by atoms with van der Waals surface area (Å²) < 4.78 is 38.1. The molecule has 0 amide bonds. The third-order valence-electron chi connectivity index (χ3n) is 4.05. The van der Waals surface area contributed by atoms with Crippen LogP contribution < -0.4 is 5.32 Å². The van der Waals surface area contributed by atoms with E-state index in [-0.39, 0.29) is 5.41 Å². The average Bonchev–Trinajstić information content (AvgIpc) is 2.84. The zero-order valence-corrected chi connectivity index (χ0v) is 12.5. The van der Waals surface area contributed by atoms with Crippen molar-refractivity contribution < 1.29 is 13.2 Å². The minimum Gasteiger partial charge on any atom is -0.369 e. The van der Waals surface area contributed by atoms with Crippen LogP contribution in [0.3, 0.4) is 0 Å². The summed E-state index contributed by atoms with van der Waals surface area (Å²) in [4.78, 5) is 6.14. The zero-order chi connectivity index (χ0) is 15.5. The molecule has 1 aliphatic rings. The summed E-state index contributed by atoms with van der Waals surface area (Å²) >= 11 is 0. The van der Waals surface area contributed by atoms with Crippen LogP contribution in [0, 0.1) is 5.41 Å². The molecule has 21 heavy (non-hydrogen) atoms. The molecule has 1 fully saturated rings. The predicted octanol–water partition coefficient (Wildman–Crippen LogP) is 3.63. The molecule has 1 aromatic rings. The Morgan fingerprint density at radius 3 is 2.52 bits per heavy atom. The van der Waals surface area contributed by atoms with E-state index >= 15 is 0 Å². The molecule has 0 aromatic carbocycles. The second kappa shape index (κ2) is 6.22. The van der Waals surface area contributed by atoms with E-state index in [4.69, 9.17) is 0 Å². The highest BCUT2D eigenvalue weighted by atomic mass is 19.4. The zero-order valence-electron chi connectivity index (χ0n) is 12.5. The van der Waals surface area contributed by atoms with Crippen LogP contribution in [0.2, 0.25) is 0 Å². The Hall–Kier alpha value is -1.30. The maximum absolute atomic E-state index is 12.7. The van der Waals surface area contributed by atoms with Gasteiger partial charge in [0.25, 0.3) is 0 Å². The number of hydrogen-bond donors (Lipinski definition) is 1. The number of hydrogen-bond acceptors (Lipinski definition) is 3. The fraction of sp³-hybridized carbons (Fsp3) is 0.667. The standard InChI is InChI=1S/C15H22F3N3/c1-21(2)11-14(6-3-4-7-14)10-20-13-9-12(5-8-19-13)15(16,17)18/h5,8-9H,3-4,6-7,10-11H2,1-2H3,(H,19,20). The average molecular weight is 301 g/mol. The van der Waals surface area contributed by atoms with Crippen LogP contribution in [0.15, 0.2) is 18.3 Å². The maximum atomic E-state index is 12.7. The van der Waals surface area contributed by atoms with E-state index < -0.39 is 11.7 Å². The maximum Gasteiger partial charge on any atom is 0.416 e. The first-order chi connectivity index (χ1) is 9.81. The van der Waals surface area contributed by atoms with E-state index in [9.17, 15) is 13.2 Å². The lowest BCUT2D eigenvalue weighted by Crippen LogP contribution is -2.37. The molecule has 1 saturated carbocycles. The molecule has 1 heterocycles. The van der Waals surface area contributed by atoms with Gasteiger partial charge in [-0.3, -0.25) is 0 Å². The Morgan fingerprint density at radius 1 is 1.29 bits per heavy atom. The normalized spacial score (nSPS) is 18.2. The number of anilines is 1. The molecular weight excluding hydrogens is 279 g/mol. The van der Waals surface area contributed by atoms with Crippen molar-refractivity contribution in [1.29, 1.82) is 0 Å². The highest BCUT2D eigenvalue weighted by Crippen LogP contribution is 2.38. The van der Waals surface area contributed by atoms with Crippen LogP contribution in [-0.4, -0.2) is 37.1 Å². The Bertz CT molecular complexity index is 465. The summed E-state index contributed by atoms with van der Waals surface area (Å²) in [5.74, 6) is 0.301. The molecule has 0 unspecified atom stereocenters. The molecule has 118 valence electrons. The van der Waals surface area contributed by atoms with Gasteiger partial charge >= 0.3 is 6.18 Å². The largest absolute Gasteiger partial charge is 0.416 e. The molecule has 1 aliphatic carbocycles. The number of alkyl halides is 3. The Balaban J connectivity index is 2.04. The van der Waals surface area contributed by atoms with Crippen LogP contribution in [-0.2, 0) is 6.18 Å². The topological polar surface area (TPSA) is 28.2 Å². The summed E-state index contributed by atoms with van der Waals surface area (Å²) in [7, 11) is 4.06. The third kappa shape index (κ3) is 4.33. The van der Waals surface area contributed by atoms with Crippen molar-refractivity contribution in [1.82, 2.24) is 9.88 Å². The van der Waals surface area contributed by atoms with Gasteiger partial charge in [0.15, 0.2) is 0 Å². The smallest absolute Gasteiger partial charge is 0.369 e. The number of nitrogens with one attached hydrogen (secondary N) is 1. The van der Waals surface area contributed by atoms with Crippen molar-refractivity contribution in [2.45, 2.75) is 31.9 Å². The summed E-state index contributed by atoms with van der Waals surface area (Å²) in [6.45, 7) is 1.61. The molecule has 0 atom stereocenters. The molecule has 0 aliphatic heterocycles. The lowest BCUT2D eigenvalue weighted by molar-refractivity contribution is -0.137. The van der Waals surface area contributed by atoms with Crippen LogP contribution in [0.1, 0.15) is 31.2 Å². The molecule has 0 saturated heterocycles. The fourth-order valence-corrected chi connectivity index (χ4v) is 3.17. The minimum atomic E-state index is -4.33. The molecule has 1 N–H and O–H groups in total. The van der Waals surface area contributed by atoms with Crippen molar-refractivity contribution >= 4 is 5.82 Å². The Kier molecular flexibility index (Phi) is 4.76. The molecule has 6 heteroatoms. The lowest BCUT2D eigenvalue weighted by Gasteiger charge is -2.32. The molecular formula is C15H22F3N3. The van der Waals surface area contributed by atoms with Crippen molar-refractivity contribution in [3.05, 3.63) is 23.9 Å². The van der Waals surface area contributed by atoms with Gasteiger partial charge in [-0.25, -0.2) is 4.98 Å². The molecule has 0 bridgehead atoms. The number of rotatable bonds is 5. The number of aromatic nitrogens is 1. The van der Waals surface area contributed by atoms with Crippen LogP contribution >= 0.6 is 0 Å². The quantitative estimate of drug-likeness (QED) is 0.900. The number of nitrogens with zero attached hydrogens (tertiary/aromatic N) is 2. The fourth-order valence-electron chi connectivity index (χ4n) is 3.17. The molecule has 1 aromatic heterocycles. The second-order valence-electron chi connectivity index (χ2n) is 6.23. The van der Waals surface area contributed by atoms with Gasteiger partial charge in [-0.2, -0.15) is 13.2 Å². The van der Waals surface area contributed by atoms with Gasteiger partial charge in [0.1, 0.15) is 5.82 Å². The molecule has 2 rings (SSSR count). The van der Waals surface area contributed by atoms with E-state index in [1.54, 1.807) is 0 Å². The third-order valence-corrected chi connectivity index (χ3v) is 4.05. The molecule has 3 nitrogen and oxygen atoms in total. The van der Waals surface area contributed by atoms with E-state index in [0.29, 0.717) is 12.4 Å². The van der Waals surface area contributed by atoms with Crippen LogP contribution in [0.25, 0.3) is 0 Å². The highest BCUT2D eigenvalue weighted by Gasteiger charge is 2.35. The van der Waals surface area contributed by atoms with Gasteiger partial charge in [0, 0.05) is 24.7 Å². The predicted molar refractivity (Wildman–Crippen MR) is 77.2 cm³/mol. The van der Waals surface area contributed by atoms with Crippen LogP contribution in [0.4, 0.5) is 19.0 Å². The minimum absolute atomic E-state index is 0.138. The van der Waals surface area contributed by atoms with E-state index in [2.05, 4.69) is 15.2 Å². The summed E-state index contributed by atoms with van der Waals surface area (Å²) in [6.07, 6.45) is 1.47. The Labute approximate surface area is 123 Å². The Morgan fingerprint density at radius 2 is 1.95 bits per heavy atom. The van der Waals surface area contributed by atoms with Crippen molar-refractivity contribution in [2.75, 3.05) is 32.5 Å².